The molecule has 2 fully saturated rings. The van der Waals surface area contributed by atoms with E-state index in [0.29, 0.717) is 50.3 Å². The molecule has 0 radical (unpaired) electrons. The van der Waals surface area contributed by atoms with Gasteiger partial charge in [0, 0.05) is 6.54 Å². The van der Waals surface area contributed by atoms with Crippen LogP contribution in [0, 0.1) is 5.41 Å². The van der Waals surface area contributed by atoms with E-state index in [0.717, 1.165) is 0 Å². The van der Waals surface area contributed by atoms with Gasteiger partial charge < -0.3 is 19.1 Å². The molecule has 34 heavy (non-hydrogen) atoms. The minimum Gasteiger partial charge on any atom is -0.497 e. The lowest BCUT2D eigenvalue weighted by atomic mass is 9.90. The first-order valence-corrected chi connectivity index (χ1v) is 11.6. The average Bonchev–Trinajstić information content (AvgIpc) is 3.51. The number of Topliss-reactive ketones (excluding diaryl/α,β-unsaturated/α-hetero) is 2. The van der Waals surface area contributed by atoms with E-state index in [2.05, 4.69) is 5.32 Å². The molecule has 1 N–H and O–H groups in total. The highest BCUT2D eigenvalue weighted by molar-refractivity contribution is 6.12. The van der Waals surface area contributed by atoms with Crippen LogP contribution in [0.4, 0.5) is 0 Å². The molecule has 2 aliphatic rings. The standard InChI is InChI=1S/C25H34N2O7/c1-24(2,3)23(31)34-15-20(28)19-7-5-14-27(19)22(30)25(12-6-13-26-25)21(29)16-33-18-10-8-17(32-4)9-11-18/h8-11,19,26H,5-7,12-16H2,1-4H3/t19-,25-/m0/s1. The van der Waals surface area contributed by atoms with Crippen LogP contribution in [-0.2, 0) is 23.9 Å². The number of carbonyl (C=O) groups excluding carboxylic acids is 4. The number of ether oxygens (including phenoxy) is 3. The smallest absolute Gasteiger partial charge is 0.311 e. The van der Waals surface area contributed by atoms with E-state index >= 15 is 0 Å². The average molecular weight is 475 g/mol. The van der Waals surface area contributed by atoms with Gasteiger partial charge in [-0.15, -0.1) is 0 Å². The second-order valence-electron chi connectivity index (χ2n) is 9.77. The van der Waals surface area contributed by atoms with Crippen LogP contribution in [-0.4, -0.2) is 73.3 Å². The Morgan fingerprint density at radius 3 is 2.32 bits per heavy atom. The summed E-state index contributed by atoms with van der Waals surface area (Å²) in [5.41, 5.74) is -2.14. The third-order valence-corrected chi connectivity index (χ3v) is 6.27. The van der Waals surface area contributed by atoms with Crippen molar-refractivity contribution in [3.63, 3.8) is 0 Å². The maximum Gasteiger partial charge on any atom is 0.311 e. The van der Waals surface area contributed by atoms with Crippen LogP contribution < -0.4 is 14.8 Å². The molecule has 1 aromatic rings. The SMILES string of the molecule is COc1ccc(OCC(=O)[C@]2(C(=O)N3CCC[C@H]3C(=O)COC(=O)C(C)(C)C)CCCN2)cc1. The zero-order valence-corrected chi connectivity index (χ0v) is 20.3. The number of nitrogens with zero attached hydrogens (tertiary/aromatic N) is 1. The summed E-state index contributed by atoms with van der Waals surface area (Å²) in [4.78, 5) is 53.2. The maximum absolute atomic E-state index is 13.6. The summed E-state index contributed by atoms with van der Waals surface area (Å²) in [6.07, 6.45) is 2.12. The lowest BCUT2D eigenvalue weighted by molar-refractivity contribution is -0.157. The van der Waals surface area contributed by atoms with Crippen molar-refractivity contribution in [2.24, 2.45) is 5.41 Å². The number of methoxy groups -OCH3 is 1. The number of hydrogen-bond donors (Lipinski definition) is 1. The molecule has 0 spiro atoms. The van der Waals surface area contributed by atoms with E-state index in [4.69, 9.17) is 14.2 Å². The second kappa shape index (κ2) is 10.5. The van der Waals surface area contributed by atoms with Crippen LogP contribution in [0.25, 0.3) is 0 Å². The third-order valence-electron chi connectivity index (χ3n) is 6.27. The lowest BCUT2D eigenvalue weighted by Gasteiger charge is -2.34. The van der Waals surface area contributed by atoms with Gasteiger partial charge >= 0.3 is 5.97 Å². The number of nitrogens with one attached hydrogen (secondary N) is 1. The number of carbonyl (C=O) groups is 4. The molecule has 186 valence electrons. The maximum atomic E-state index is 13.6. The van der Waals surface area contributed by atoms with Crippen LogP contribution in [0.3, 0.4) is 0 Å². The van der Waals surface area contributed by atoms with Crippen LogP contribution in [0.5, 0.6) is 11.5 Å². The molecule has 0 aromatic heterocycles. The molecule has 9 nitrogen and oxygen atoms in total. The predicted molar refractivity (Wildman–Crippen MR) is 124 cm³/mol. The Morgan fingerprint density at radius 1 is 1.06 bits per heavy atom. The summed E-state index contributed by atoms with van der Waals surface area (Å²) in [5, 5.41) is 3.09. The van der Waals surface area contributed by atoms with Crippen LogP contribution >= 0.6 is 0 Å². The Kier molecular flexibility index (Phi) is 7.97. The molecule has 0 aliphatic carbocycles. The van der Waals surface area contributed by atoms with Gasteiger partial charge in [-0.3, -0.25) is 24.5 Å². The van der Waals surface area contributed by atoms with Crippen molar-refractivity contribution < 1.29 is 33.4 Å². The summed E-state index contributed by atoms with van der Waals surface area (Å²) in [5.74, 6) is -0.435. The Hall–Kier alpha value is -2.94. The van der Waals surface area contributed by atoms with Crippen LogP contribution in [0.15, 0.2) is 24.3 Å². The summed E-state index contributed by atoms with van der Waals surface area (Å²) < 4.78 is 15.9. The van der Waals surface area contributed by atoms with Crippen molar-refractivity contribution in [3.8, 4) is 11.5 Å². The molecule has 1 aromatic carbocycles. The molecule has 3 rings (SSSR count). The Labute approximate surface area is 200 Å². The van der Waals surface area contributed by atoms with E-state index in [9.17, 15) is 19.2 Å². The summed E-state index contributed by atoms with van der Waals surface area (Å²) in [7, 11) is 1.56. The third kappa shape index (κ3) is 5.58. The van der Waals surface area contributed by atoms with Crippen LogP contribution in [0.1, 0.15) is 46.5 Å². The topological polar surface area (TPSA) is 111 Å². The summed E-state index contributed by atoms with van der Waals surface area (Å²) in [6, 6.07) is 6.12. The van der Waals surface area contributed by atoms with Gasteiger partial charge in [-0.2, -0.15) is 0 Å². The number of ketones is 2. The van der Waals surface area contributed by atoms with Gasteiger partial charge in [-0.25, -0.2) is 0 Å². The number of esters is 1. The summed E-state index contributed by atoms with van der Waals surface area (Å²) in [6.45, 7) is 5.36. The van der Waals surface area contributed by atoms with Crippen molar-refractivity contribution in [1.29, 1.82) is 0 Å². The molecule has 1 amide bonds. The highest BCUT2D eigenvalue weighted by Gasteiger charge is 2.52. The number of amides is 1. The fraction of sp³-hybridized carbons (Fsp3) is 0.600. The normalized spacial score (nSPS) is 22.4. The largest absolute Gasteiger partial charge is 0.497 e. The quantitative estimate of drug-likeness (QED) is 0.427. The van der Waals surface area contributed by atoms with E-state index in [-0.39, 0.29) is 24.8 Å². The van der Waals surface area contributed by atoms with Gasteiger partial charge in [-0.1, -0.05) is 0 Å². The van der Waals surface area contributed by atoms with E-state index in [1.165, 1.54) is 4.90 Å². The number of benzene rings is 1. The molecule has 0 bridgehead atoms. The van der Waals surface area contributed by atoms with E-state index in [1.54, 1.807) is 52.1 Å². The van der Waals surface area contributed by atoms with Crippen molar-refractivity contribution in [2.75, 3.05) is 33.4 Å². The lowest BCUT2D eigenvalue weighted by Crippen LogP contribution is -2.62. The van der Waals surface area contributed by atoms with Crippen molar-refractivity contribution in [3.05, 3.63) is 24.3 Å². The highest BCUT2D eigenvalue weighted by Crippen LogP contribution is 2.29. The van der Waals surface area contributed by atoms with Gasteiger partial charge in [-0.05, 0) is 77.3 Å². The van der Waals surface area contributed by atoms with Gasteiger partial charge in [0.15, 0.2) is 23.7 Å². The monoisotopic (exact) mass is 474 g/mol. The van der Waals surface area contributed by atoms with Gasteiger partial charge in [0.25, 0.3) is 5.91 Å². The number of likely N-dealkylation sites (tertiary alicyclic amines) is 1. The first kappa shape index (κ1) is 25.7. The zero-order chi connectivity index (χ0) is 24.9. The van der Waals surface area contributed by atoms with Crippen molar-refractivity contribution >= 4 is 23.4 Å². The molecule has 2 aliphatic heterocycles. The highest BCUT2D eigenvalue weighted by atomic mass is 16.5. The van der Waals surface area contributed by atoms with Gasteiger partial charge in [0.05, 0.1) is 18.6 Å². The second-order valence-corrected chi connectivity index (χ2v) is 9.77. The molecule has 2 saturated heterocycles. The molecular formula is C25H34N2O7. The predicted octanol–water partition coefficient (Wildman–Crippen LogP) is 1.91. The Morgan fingerprint density at radius 2 is 1.74 bits per heavy atom. The minimum atomic E-state index is -1.42. The zero-order valence-electron chi connectivity index (χ0n) is 20.3. The Bertz CT molecular complexity index is 914. The first-order valence-electron chi connectivity index (χ1n) is 11.6. The molecule has 2 atom stereocenters. The number of rotatable bonds is 9. The van der Waals surface area contributed by atoms with Crippen LogP contribution in [0.2, 0.25) is 0 Å². The molecule has 0 unspecified atom stereocenters. The fourth-order valence-corrected chi connectivity index (χ4v) is 4.27. The molecule has 0 saturated carbocycles. The molecular weight excluding hydrogens is 440 g/mol. The minimum absolute atomic E-state index is 0.277. The van der Waals surface area contributed by atoms with E-state index in [1.807, 2.05) is 0 Å². The molecule has 2 heterocycles. The number of hydrogen-bond acceptors (Lipinski definition) is 8. The Balaban J connectivity index is 1.67. The van der Waals surface area contributed by atoms with E-state index < -0.39 is 28.9 Å². The summed E-state index contributed by atoms with van der Waals surface area (Å²) >= 11 is 0. The van der Waals surface area contributed by atoms with Gasteiger partial charge in [0.2, 0.25) is 0 Å². The van der Waals surface area contributed by atoms with Gasteiger partial charge in [0.1, 0.15) is 18.1 Å². The fourth-order valence-electron chi connectivity index (χ4n) is 4.27. The first-order chi connectivity index (χ1) is 16.1. The van der Waals surface area contributed by atoms with Crippen molar-refractivity contribution in [1.82, 2.24) is 10.2 Å². The van der Waals surface area contributed by atoms with Crippen molar-refractivity contribution in [2.45, 2.75) is 58.0 Å². The molecule has 9 heteroatoms.